The van der Waals surface area contributed by atoms with Gasteiger partial charge in [-0.05, 0) is 29.7 Å². The van der Waals surface area contributed by atoms with Crippen LogP contribution in [0, 0.1) is 5.92 Å². The average Bonchev–Trinajstić information content (AvgIpc) is 2.87. The number of carbonyl (C=O) groups excluding carboxylic acids is 1. The van der Waals surface area contributed by atoms with Crippen LogP contribution in [0.1, 0.15) is 28.2 Å². The highest BCUT2D eigenvalue weighted by molar-refractivity contribution is 6.27. The number of pyridine rings is 2. The molecule has 2 aromatic heterocycles. The highest BCUT2D eigenvalue weighted by Gasteiger charge is 2.59. The Morgan fingerprint density at radius 2 is 1.85 bits per heavy atom. The molecule has 166 valence electrons. The third-order valence-electron chi connectivity index (χ3n) is 7.66. The van der Waals surface area contributed by atoms with Crippen molar-refractivity contribution < 1.29 is 4.79 Å². The minimum atomic E-state index is -0.774. The first-order chi connectivity index (χ1) is 16.3. The zero-order valence-corrected chi connectivity index (χ0v) is 18.9. The van der Waals surface area contributed by atoms with E-state index in [1.165, 1.54) is 0 Å². The highest BCUT2D eigenvalue weighted by atomic mass is 35.5. The molecule has 2 N–H and O–H groups in total. The lowest BCUT2D eigenvalue weighted by Gasteiger charge is -2.52. The van der Waals surface area contributed by atoms with Crippen LogP contribution in [0.3, 0.4) is 0 Å². The molecule has 8 rings (SSSR count). The Bertz CT molecular complexity index is 1640. The molecule has 0 saturated heterocycles. The molecule has 0 bridgehead atoms. The molecule has 7 heteroatoms. The lowest BCUT2D eigenvalue weighted by Crippen LogP contribution is -2.61. The van der Waals surface area contributed by atoms with Gasteiger partial charge in [0.1, 0.15) is 5.54 Å². The van der Waals surface area contributed by atoms with Crippen molar-refractivity contribution in [2.75, 3.05) is 18.4 Å². The Kier molecular flexibility index (Phi) is 3.84. The van der Waals surface area contributed by atoms with Crippen molar-refractivity contribution in [3.63, 3.8) is 0 Å². The number of ketones is 1. The van der Waals surface area contributed by atoms with Crippen molar-refractivity contribution in [3.05, 3.63) is 89.0 Å². The topological polar surface area (TPSA) is 79.3 Å². The van der Waals surface area contributed by atoms with Gasteiger partial charge in [-0.3, -0.25) is 14.8 Å². The fraction of sp³-hybridized carbons (Fsp3) is 0.185. The fourth-order valence-corrected chi connectivity index (χ4v) is 6.33. The molecule has 1 aliphatic carbocycles. The Balaban J connectivity index is 0.00000200. The fourth-order valence-electron chi connectivity index (χ4n) is 6.33. The summed E-state index contributed by atoms with van der Waals surface area (Å²) >= 11 is 0. The molecule has 5 heterocycles. The number of rotatable bonds is 0. The molecule has 0 amide bonds. The van der Waals surface area contributed by atoms with Crippen LogP contribution < -0.4 is 10.6 Å². The normalized spacial score (nSPS) is 23.7. The van der Waals surface area contributed by atoms with Crippen LogP contribution in [0.15, 0.2) is 77.1 Å². The van der Waals surface area contributed by atoms with Crippen molar-refractivity contribution in [2.24, 2.45) is 10.9 Å². The number of nitrogens with one attached hydrogen (secondary N) is 2. The third-order valence-corrected chi connectivity index (χ3v) is 7.66. The summed E-state index contributed by atoms with van der Waals surface area (Å²) in [6.07, 6.45) is 2.69. The number of halogens is 1. The molecule has 2 atom stereocenters. The zero-order valence-electron chi connectivity index (χ0n) is 18.1. The van der Waals surface area contributed by atoms with Gasteiger partial charge in [-0.25, -0.2) is 4.98 Å². The van der Waals surface area contributed by atoms with E-state index in [9.17, 15) is 4.79 Å². The number of hydrogen-bond acceptors (Lipinski definition) is 6. The van der Waals surface area contributed by atoms with Gasteiger partial charge in [0, 0.05) is 59.0 Å². The molecule has 0 unspecified atom stereocenters. The van der Waals surface area contributed by atoms with Crippen molar-refractivity contribution in [2.45, 2.75) is 12.0 Å². The Labute approximate surface area is 201 Å². The molecule has 1 spiro atoms. The summed E-state index contributed by atoms with van der Waals surface area (Å²) in [6, 6.07) is 18.1. The van der Waals surface area contributed by atoms with Gasteiger partial charge in [0.2, 0.25) is 0 Å². The van der Waals surface area contributed by atoms with E-state index >= 15 is 0 Å². The summed E-state index contributed by atoms with van der Waals surface area (Å²) in [5, 5.41) is 10.6. The number of dihydropyridines is 1. The van der Waals surface area contributed by atoms with E-state index in [0.29, 0.717) is 13.1 Å². The van der Waals surface area contributed by atoms with Crippen LogP contribution in [0.2, 0.25) is 0 Å². The van der Waals surface area contributed by atoms with Gasteiger partial charge < -0.3 is 10.6 Å². The van der Waals surface area contributed by atoms with E-state index in [2.05, 4.69) is 28.8 Å². The van der Waals surface area contributed by atoms with Gasteiger partial charge in [0.25, 0.3) is 0 Å². The van der Waals surface area contributed by atoms with Gasteiger partial charge in [0.15, 0.2) is 5.78 Å². The quantitative estimate of drug-likeness (QED) is 0.376. The summed E-state index contributed by atoms with van der Waals surface area (Å²) < 4.78 is 0. The number of aliphatic imine (C=N–C) groups is 1. The first-order valence-corrected chi connectivity index (χ1v) is 11.4. The number of aromatic nitrogens is 2. The van der Waals surface area contributed by atoms with Gasteiger partial charge >= 0.3 is 0 Å². The second-order valence-corrected chi connectivity index (χ2v) is 9.17. The Morgan fingerprint density at radius 1 is 1.00 bits per heavy atom. The number of anilines is 1. The van der Waals surface area contributed by atoms with Crippen molar-refractivity contribution in [3.8, 4) is 0 Å². The van der Waals surface area contributed by atoms with Gasteiger partial charge in [-0.1, -0.05) is 30.3 Å². The second-order valence-electron chi connectivity index (χ2n) is 9.17. The standard InChI is InChI=1S/C27H19N5O.ClH/c33-25-16-6-2-4-8-19(16)32-27-17(25)13-30-20-10-12-29-24(22(20)27)23-21-15(9-11-28-23)14-5-1-3-7-18(14)31-26(21)27;/h1-9,11,17,30,32H,10,12-13H2;1H/t17-,27+;/m0./s1. The molecule has 0 saturated carbocycles. The Hall–Kier alpha value is -3.77. The van der Waals surface area contributed by atoms with Crippen LogP contribution in [-0.2, 0) is 5.54 Å². The predicted molar refractivity (Wildman–Crippen MR) is 135 cm³/mol. The van der Waals surface area contributed by atoms with E-state index in [1.807, 2.05) is 42.6 Å². The second kappa shape index (κ2) is 6.64. The van der Waals surface area contributed by atoms with Crippen LogP contribution in [0.4, 0.5) is 5.69 Å². The van der Waals surface area contributed by atoms with E-state index in [4.69, 9.17) is 15.0 Å². The van der Waals surface area contributed by atoms with Crippen LogP contribution in [0.5, 0.6) is 0 Å². The number of benzene rings is 2. The van der Waals surface area contributed by atoms with Crippen LogP contribution in [-0.4, -0.2) is 34.6 Å². The lowest BCUT2D eigenvalue weighted by atomic mass is 9.61. The number of Topliss-reactive ketones (excluding diaryl/α,β-unsaturated/α-hetero) is 1. The van der Waals surface area contributed by atoms with Crippen LogP contribution >= 0.6 is 12.4 Å². The third kappa shape index (κ3) is 2.17. The summed E-state index contributed by atoms with van der Waals surface area (Å²) in [5.41, 5.74) is 6.59. The van der Waals surface area contributed by atoms with Gasteiger partial charge in [0.05, 0.1) is 28.5 Å². The minimum Gasteiger partial charge on any atom is -0.387 e. The molecule has 4 aromatic rings. The maximum absolute atomic E-state index is 13.9. The maximum atomic E-state index is 13.9. The molecule has 0 fully saturated rings. The molecule has 0 radical (unpaired) electrons. The van der Waals surface area contributed by atoms with Crippen molar-refractivity contribution in [1.29, 1.82) is 0 Å². The zero-order chi connectivity index (χ0) is 21.7. The summed E-state index contributed by atoms with van der Waals surface area (Å²) in [7, 11) is 0. The first-order valence-electron chi connectivity index (χ1n) is 11.4. The van der Waals surface area contributed by atoms with Gasteiger partial charge in [-0.15, -0.1) is 12.4 Å². The first kappa shape index (κ1) is 19.7. The van der Waals surface area contributed by atoms with Gasteiger partial charge in [-0.2, -0.15) is 0 Å². The summed E-state index contributed by atoms with van der Waals surface area (Å²) in [5.74, 6) is -0.191. The smallest absolute Gasteiger partial charge is 0.172 e. The molecule has 2 aromatic carbocycles. The van der Waals surface area contributed by atoms with Crippen molar-refractivity contribution >= 4 is 51.3 Å². The number of carbonyl (C=O) groups is 1. The molecule has 4 aliphatic rings. The lowest BCUT2D eigenvalue weighted by molar-refractivity contribution is 0.0857. The monoisotopic (exact) mass is 465 g/mol. The number of hydrogen-bond donors (Lipinski definition) is 2. The maximum Gasteiger partial charge on any atom is 0.172 e. The summed E-state index contributed by atoms with van der Waals surface area (Å²) in [6.45, 7) is 1.28. The predicted octanol–water partition coefficient (Wildman–Crippen LogP) is 4.39. The molecule has 6 nitrogen and oxygen atoms in total. The molecular weight excluding hydrogens is 446 g/mol. The van der Waals surface area contributed by atoms with E-state index in [0.717, 1.165) is 67.7 Å². The number of nitrogens with zero attached hydrogens (tertiary/aromatic N) is 3. The van der Waals surface area contributed by atoms with E-state index in [-0.39, 0.29) is 24.1 Å². The highest BCUT2D eigenvalue weighted by Crippen LogP contribution is 2.54. The van der Waals surface area contributed by atoms with E-state index in [1.54, 1.807) is 0 Å². The van der Waals surface area contributed by atoms with E-state index < -0.39 is 5.54 Å². The SMILES string of the molecule is Cl.O=C1c2ccccc2N[C@]23C4=C(CCN=C4c4nccc5c4c2nc2ccccc25)NC[C@@H]13. The minimum absolute atomic E-state index is 0. The van der Waals surface area contributed by atoms with Crippen molar-refractivity contribution in [1.82, 2.24) is 15.3 Å². The molecule has 34 heavy (non-hydrogen) atoms. The average molecular weight is 466 g/mol. The molecular formula is C27H20ClN5O. The summed E-state index contributed by atoms with van der Waals surface area (Å²) in [4.78, 5) is 29.0. The number of para-hydroxylation sites is 2. The number of fused-ring (bicyclic) bond motifs is 4. The largest absolute Gasteiger partial charge is 0.387 e. The molecule has 3 aliphatic heterocycles. The van der Waals surface area contributed by atoms with Crippen LogP contribution in [0.25, 0.3) is 21.7 Å². The Morgan fingerprint density at radius 3 is 2.79 bits per heavy atom.